The molecule has 0 aliphatic rings. The van der Waals surface area contributed by atoms with Gasteiger partial charge in [0.1, 0.15) is 5.82 Å². The molecular formula is C22H27N3. The lowest BCUT2D eigenvalue weighted by Gasteiger charge is -2.23. The molecule has 2 aromatic heterocycles. The molecule has 0 amide bonds. The molecule has 0 fully saturated rings. The molecule has 2 heterocycles. The number of rotatable bonds is 7. The van der Waals surface area contributed by atoms with Crippen LogP contribution < -0.4 is 4.90 Å². The van der Waals surface area contributed by atoms with E-state index in [0.717, 1.165) is 25.3 Å². The predicted octanol–water partition coefficient (Wildman–Crippen LogP) is 5.49. The summed E-state index contributed by atoms with van der Waals surface area (Å²) in [5.74, 6) is 1.09. The van der Waals surface area contributed by atoms with E-state index in [0.29, 0.717) is 0 Å². The number of fused-ring (bicyclic) bond motifs is 1. The second-order valence-corrected chi connectivity index (χ2v) is 6.39. The fourth-order valence-corrected chi connectivity index (χ4v) is 3.35. The van der Waals surface area contributed by atoms with Crippen molar-refractivity contribution in [3.8, 4) is 11.1 Å². The molecule has 0 saturated heterocycles. The molecule has 3 nitrogen and oxygen atoms in total. The smallest absolute Gasteiger partial charge is 0.136 e. The molecule has 0 N–H and O–H groups in total. The maximum Gasteiger partial charge on any atom is 0.136 e. The minimum atomic E-state index is 0.965. The average Bonchev–Trinajstić information content (AvgIpc) is 2.68. The van der Waals surface area contributed by atoms with Gasteiger partial charge in [-0.1, -0.05) is 25.5 Å². The molecule has 0 aliphatic heterocycles. The van der Waals surface area contributed by atoms with E-state index in [1.54, 1.807) is 0 Å². The van der Waals surface area contributed by atoms with Crippen LogP contribution in [0.5, 0.6) is 0 Å². The van der Waals surface area contributed by atoms with Crippen molar-refractivity contribution in [3.05, 3.63) is 54.5 Å². The van der Waals surface area contributed by atoms with Crippen LogP contribution in [0.15, 0.2) is 48.9 Å². The lowest BCUT2D eigenvalue weighted by Crippen LogP contribution is -2.23. The number of benzene rings is 1. The molecule has 3 rings (SSSR count). The molecule has 3 heteroatoms. The van der Waals surface area contributed by atoms with Gasteiger partial charge in [0, 0.05) is 42.6 Å². The van der Waals surface area contributed by atoms with E-state index in [1.807, 2.05) is 18.6 Å². The summed E-state index contributed by atoms with van der Waals surface area (Å²) in [6.07, 6.45) is 9.27. The third kappa shape index (κ3) is 3.65. The van der Waals surface area contributed by atoms with Crippen LogP contribution in [0.4, 0.5) is 5.82 Å². The van der Waals surface area contributed by atoms with Crippen molar-refractivity contribution in [1.29, 1.82) is 0 Å². The van der Waals surface area contributed by atoms with Gasteiger partial charge in [-0.05, 0) is 61.4 Å². The average molecular weight is 333 g/mol. The first-order valence-corrected chi connectivity index (χ1v) is 9.35. The molecule has 0 saturated carbocycles. The van der Waals surface area contributed by atoms with Gasteiger partial charge in [-0.25, -0.2) is 4.98 Å². The van der Waals surface area contributed by atoms with Crippen LogP contribution in [0.25, 0.3) is 21.9 Å². The molecule has 0 unspecified atom stereocenters. The second-order valence-electron chi connectivity index (χ2n) is 6.39. The van der Waals surface area contributed by atoms with Gasteiger partial charge < -0.3 is 4.90 Å². The second kappa shape index (κ2) is 8.11. The number of nitrogens with zero attached hydrogens (tertiary/aromatic N) is 3. The largest absolute Gasteiger partial charge is 0.357 e. The molecule has 3 aromatic rings. The number of anilines is 1. The van der Waals surface area contributed by atoms with Crippen LogP contribution in [0.1, 0.15) is 39.2 Å². The Kier molecular flexibility index (Phi) is 5.64. The fraction of sp³-hybridized carbons (Fsp3) is 0.364. The number of hydrogen-bond donors (Lipinski definition) is 0. The molecule has 0 atom stereocenters. The van der Waals surface area contributed by atoms with Crippen LogP contribution in [0, 0.1) is 0 Å². The van der Waals surface area contributed by atoms with Crippen molar-refractivity contribution >= 4 is 16.6 Å². The molecule has 25 heavy (non-hydrogen) atoms. The monoisotopic (exact) mass is 333 g/mol. The third-order valence-corrected chi connectivity index (χ3v) is 4.80. The first-order chi connectivity index (χ1) is 12.3. The zero-order chi connectivity index (χ0) is 17.6. The normalized spacial score (nSPS) is 11.0. The van der Waals surface area contributed by atoms with Gasteiger partial charge in [0.25, 0.3) is 0 Å². The molecular weight excluding hydrogens is 306 g/mol. The SMILES string of the molecule is CCCCc1ccc2c(-c3ccncc3)cnc(N(CC)CC)c2c1. The molecule has 0 aliphatic carbocycles. The Morgan fingerprint density at radius 2 is 1.68 bits per heavy atom. The maximum atomic E-state index is 4.85. The van der Waals surface area contributed by atoms with Gasteiger partial charge in [0.2, 0.25) is 0 Å². The fourth-order valence-electron chi connectivity index (χ4n) is 3.35. The van der Waals surface area contributed by atoms with Gasteiger partial charge >= 0.3 is 0 Å². The maximum absolute atomic E-state index is 4.85. The van der Waals surface area contributed by atoms with E-state index >= 15 is 0 Å². The van der Waals surface area contributed by atoms with Gasteiger partial charge in [0.05, 0.1) is 0 Å². The summed E-state index contributed by atoms with van der Waals surface area (Å²) in [5.41, 5.74) is 3.74. The molecule has 0 radical (unpaired) electrons. The van der Waals surface area contributed by atoms with Gasteiger partial charge in [-0.15, -0.1) is 0 Å². The Morgan fingerprint density at radius 1 is 0.920 bits per heavy atom. The number of aryl methyl sites for hydroxylation is 1. The first kappa shape index (κ1) is 17.4. The first-order valence-electron chi connectivity index (χ1n) is 9.35. The summed E-state index contributed by atoms with van der Waals surface area (Å²) in [7, 11) is 0. The molecule has 130 valence electrons. The number of unbranched alkanes of at least 4 members (excludes halogenated alkanes) is 1. The van der Waals surface area contributed by atoms with E-state index in [-0.39, 0.29) is 0 Å². The summed E-state index contributed by atoms with van der Waals surface area (Å²) in [6, 6.07) is 11.0. The van der Waals surface area contributed by atoms with Crippen LogP contribution in [-0.2, 0) is 6.42 Å². The standard InChI is InChI=1S/C22H27N3/c1-4-7-8-17-9-10-19-20(15-17)22(25(5-2)6-3)24-16-21(19)18-11-13-23-14-12-18/h9-16H,4-8H2,1-3H3. The van der Waals surface area contributed by atoms with E-state index in [4.69, 9.17) is 4.98 Å². The van der Waals surface area contributed by atoms with Gasteiger partial charge in [-0.3, -0.25) is 4.98 Å². The molecule has 0 spiro atoms. The van der Waals surface area contributed by atoms with Crippen molar-refractivity contribution in [2.75, 3.05) is 18.0 Å². The Labute approximate surface area is 150 Å². The van der Waals surface area contributed by atoms with Gasteiger partial charge in [-0.2, -0.15) is 0 Å². The summed E-state index contributed by atoms with van der Waals surface area (Å²) in [6.45, 7) is 8.55. The summed E-state index contributed by atoms with van der Waals surface area (Å²) in [4.78, 5) is 11.3. The predicted molar refractivity (Wildman–Crippen MR) is 107 cm³/mol. The van der Waals surface area contributed by atoms with Crippen LogP contribution in [-0.4, -0.2) is 23.1 Å². The molecule has 0 bridgehead atoms. The van der Waals surface area contributed by atoms with Crippen molar-refractivity contribution in [2.24, 2.45) is 0 Å². The van der Waals surface area contributed by atoms with Crippen molar-refractivity contribution in [3.63, 3.8) is 0 Å². The van der Waals surface area contributed by atoms with E-state index in [1.165, 1.54) is 40.3 Å². The Hall–Kier alpha value is -2.42. The summed E-state index contributed by atoms with van der Waals surface area (Å²) in [5, 5.41) is 2.52. The highest BCUT2D eigenvalue weighted by Crippen LogP contribution is 2.33. The Morgan fingerprint density at radius 3 is 2.36 bits per heavy atom. The minimum Gasteiger partial charge on any atom is -0.357 e. The van der Waals surface area contributed by atoms with Crippen molar-refractivity contribution < 1.29 is 0 Å². The zero-order valence-corrected chi connectivity index (χ0v) is 15.5. The van der Waals surface area contributed by atoms with Crippen LogP contribution in [0.2, 0.25) is 0 Å². The zero-order valence-electron chi connectivity index (χ0n) is 15.5. The number of pyridine rings is 2. The number of aromatic nitrogens is 2. The quantitative estimate of drug-likeness (QED) is 0.573. The minimum absolute atomic E-state index is 0.965. The highest BCUT2D eigenvalue weighted by atomic mass is 15.2. The Bertz CT molecular complexity index is 823. The Balaban J connectivity index is 2.19. The third-order valence-electron chi connectivity index (χ3n) is 4.80. The van der Waals surface area contributed by atoms with Crippen LogP contribution >= 0.6 is 0 Å². The highest BCUT2D eigenvalue weighted by Gasteiger charge is 2.13. The van der Waals surface area contributed by atoms with Crippen molar-refractivity contribution in [2.45, 2.75) is 40.0 Å². The van der Waals surface area contributed by atoms with E-state index in [9.17, 15) is 0 Å². The lowest BCUT2D eigenvalue weighted by atomic mass is 9.97. The van der Waals surface area contributed by atoms with Crippen LogP contribution in [0.3, 0.4) is 0 Å². The summed E-state index contributed by atoms with van der Waals surface area (Å²) >= 11 is 0. The lowest BCUT2D eigenvalue weighted by molar-refractivity contribution is 0.795. The molecule has 1 aromatic carbocycles. The van der Waals surface area contributed by atoms with E-state index < -0.39 is 0 Å². The number of hydrogen-bond acceptors (Lipinski definition) is 3. The van der Waals surface area contributed by atoms with Crippen molar-refractivity contribution in [1.82, 2.24) is 9.97 Å². The topological polar surface area (TPSA) is 29.0 Å². The van der Waals surface area contributed by atoms with E-state index in [2.05, 4.69) is 61.0 Å². The highest BCUT2D eigenvalue weighted by molar-refractivity contribution is 6.02. The van der Waals surface area contributed by atoms with Gasteiger partial charge in [0.15, 0.2) is 0 Å². The summed E-state index contributed by atoms with van der Waals surface area (Å²) < 4.78 is 0.